The maximum atomic E-state index is 12.8. The number of benzene rings is 1. The van der Waals surface area contributed by atoms with Gasteiger partial charge in [0.15, 0.2) is 11.5 Å². The van der Waals surface area contributed by atoms with Crippen LogP contribution in [0.25, 0.3) is 0 Å². The van der Waals surface area contributed by atoms with Gasteiger partial charge in [-0.15, -0.1) is 11.6 Å². The van der Waals surface area contributed by atoms with Crippen LogP contribution in [-0.2, 0) is 4.79 Å². The number of nitrogens with zero attached hydrogens (tertiary/aromatic N) is 2. The first-order chi connectivity index (χ1) is 11.9. The molecule has 1 fully saturated rings. The highest BCUT2D eigenvalue weighted by Crippen LogP contribution is 2.38. The average Bonchev–Trinajstić information content (AvgIpc) is 2.65. The summed E-state index contributed by atoms with van der Waals surface area (Å²) in [4.78, 5) is 28.1. The third-order valence-corrected chi connectivity index (χ3v) is 4.32. The topological polar surface area (TPSA) is 68.3 Å². The van der Waals surface area contributed by atoms with Gasteiger partial charge in [0.25, 0.3) is 5.91 Å². The highest BCUT2D eigenvalue weighted by Gasteiger charge is 2.27. The first-order valence-corrected chi connectivity index (χ1v) is 8.38. The molecule has 0 spiro atoms. The van der Waals surface area contributed by atoms with Crippen LogP contribution in [0.5, 0.6) is 17.2 Å². The SMILES string of the molecule is COc1cc(C(=O)N2CCN(C(=O)C(C)Cl)CC2)cc(OC)c1OC. The van der Waals surface area contributed by atoms with Gasteiger partial charge < -0.3 is 24.0 Å². The molecule has 1 saturated heterocycles. The number of amides is 2. The van der Waals surface area contributed by atoms with Crippen LogP contribution in [-0.4, -0.2) is 74.5 Å². The summed E-state index contributed by atoms with van der Waals surface area (Å²) in [5.41, 5.74) is 0.444. The molecule has 0 aliphatic carbocycles. The minimum absolute atomic E-state index is 0.110. The second kappa shape index (κ2) is 8.29. The van der Waals surface area contributed by atoms with Crippen LogP contribution in [0.15, 0.2) is 12.1 Å². The third-order valence-electron chi connectivity index (χ3n) is 4.13. The zero-order valence-electron chi connectivity index (χ0n) is 14.9. The Morgan fingerprint density at radius 2 is 1.44 bits per heavy atom. The molecule has 0 bridgehead atoms. The predicted octanol–water partition coefficient (Wildman–Crippen LogP) is 1.62. The number of carbonyl (C=O) groups is 2. The Morgan fingerprint density at radius 1 is 0.960 bits per heavy atom. The molecule has 0 N–H and O–H groups in total. The molecule has 0 radical (unpaired) electrons. The van der Waals surface area contributed by atoms with Gasteiger partial charge in [0.1, 0.15) is 5.38 Å². The second-order valence-corrected chi connectivity index (χ2v) is 6.30. The molecule has 0 aromatic heterocycles. The minimum atomic E-state index is -0.558. The molecule has 1 heterocycles. The van der Waals surface area contributed by atoms with Gasteiger partial charge in [-0.05, 0) is 19.1 Å². The molecule has 1 aromatic carbocycles. The number of rotatable bonds is 5. The van der Waals surface area contributed by atoms with E-state index in [2.05, 4.69) is 0 Å². The largest absolute Gasteiger partial charge is 0.493 e. The van der Waals surface area contributed by atoms with Gasteiger partial charge in [0, 0.05) is 31.7 Å². The average molecular weight is 371 g/mol. The van der Waals surface area contributed by atoms with Crippen LogP contribution >= 0.6 is 11.6 Å². The van der Waals surface area contributed by atoms with Gasteiger partial charge in [-0.25, -0.2) is 0 Å². The minimum Gasteiger partial charge on any atom is -0.493 e. The monoisotopic (exact) mass is 370 g/mol. The maximum Gasteiger partial charge on any atom is 0.254 e. The van der Waals surface area contributed by atoms with Crippen molar-refractivity contribution >= 4 is 23.4 Å². The van der Waals surface area contributed by atoms with E-state index in [1.807, 2.05) is 0 Å². The van der Waals surface area contributed by atoms with Crippen molar-refractivity contribution < 1.29 is 23.8 Å². The zero-order chi connectivity index (χ0) is 18.6. The summed E-state index contributed by atoms with van der Waals surface area (Å²) in [7, 11) is 4.52. The van der Waals surface area contributed by atoms with Crippen LogP contribution in [0.2, 0.25) is 0 Å². The first kappa shape index (κ1) is 19.2. The molecule has 1 aromatic rings. The van der Waals surface area contributed by atoms with Gasteiger partial charge in [-0.3, -0.25) is 9.59 Å². The van der Waals surface area contributed by atoms with E-state index in [0.29, 0.717) is 49.0 Å². The standard InChI is InChI=1S/C17H23ClN2O5/c1-11(18)16(21)19-5-7-20(8-6-19)17(22)12-9-13(23-2)15(25-4)14(10-12)24-3/h9-11H,5-8H2,1-4H3. The lowest BCUT2D eigenvalue weighted by atomic mass is 10.1. The molecular weight excluding hydrogens is 348 g/mol. The molecule has 0 saturated carbocycles. The summed E-state index contributed by atoms with van der Waals surface area (Å²) >= 11 is 5.84. The molecule has 25 heavy (non-hydrogen) atoms. The van der Waals surface area contributed by atoms with Gasteiger partial charge in [-0.1, -0.05) is 0 Å². The van der Waals surface area contributed by atoms with Crippen LogP contribution in [0, 0.1) is 0 Å². The highest BCUT2D eigenvalue weighted by atomic mass is 35.5. The summed E-state index contributed by atoms with van der Waals surface area (Å²) < 4.78 is 15.8. The maximum absolute atomic E-state index is 12.8. The molecule has 1 unspecified atom stereocenters. The Hall–Kier alpha value is -2.15. The zero-order valence-corrected chi connectivity index (χ0v) is 15.6. The van der Waals surface area contributed by atoms with Crippen LogP contribution in [0.1, 0.15) is 17.3 Å². The Labute approximate surface area is 152 Å². The van der Waals surface area contributed by atoms with E-state index in [0.717, 1.165) is 0 Å². The number of halogens is 1. The fourth-order valence-electron chi connectivity index (χ4n) is 2.77. The predicted molar refractivity (Wildman–Crippen MR) is 93.9 cm³/mol. The van der Waals surface area contributed by atoms with Gasteiger partial charge in [0.2, 0.25) is 11.7 Å². The van der Waals surface area contributed by atoms with E-state index in [-0.39, 0.29) is 11.8 Å². The smallest absolute Gasteiger partial charge is 0.254 e. The van der Waals surface area contributed by atoms with E-state index in [4.69, 9.17) is 25.8 Å². The quantitative estimate of drug-likeness (QED) is 0.737. The third kappa shape index (κ3) is 4.10. The van der Waals surface area contributed by atoms with Crippen molar-refractivity contribution in [1.82, 2.24) is 9.80 Å². The summed E-state index contributed by atoms with van der Waals surface area (Å²) in [5.74, 6) is 1.03. The van der Waals surface area contributed by atoms with E-state index < -0.39 is 5.38 Å². The van der Waals surface area contributed by atoms with E-state index in [1.54, 1.807) is 28.9 Å². The lowest BCUT2D eigenvalue weighted by molar-refractivity contribution is -0.131. The Kier molecular flexibility index (Phi) is 6.36. The lowest BCUT2D eigenvalue weighted by Crippen LogP contribution is -2.52. The lowest BCUT2D eigenvalue weighted by Gasteiger charge is -2.35. The molecule has 2 amide bonds. The van der Waals surface area contributed by atoms with E-state index >= 15 is 0 Å². The molecule has 138 valence electrons. The number of methoxy groups -OCH3 is 3. The summed E-state index contributed by atoms with van der Waals surface area (Å²) in [6.07, 6.45) is 0. The van der Waals surface area contributed by atoms with Crippen molar-refractivity contribution in [2.75, 3.05) is 47.5 Å². The molecule has 1 aliphatic heterocycles. The Balaban J connectivity index is 2.15. The number of hydrogen-bond donors (Lipinski definition) is 0. The van der Waals surface area contributed by atoms with Crippen LogP contribution in [0.4, 0.5) is 0 Å². The fourth-order valence-corrected chi connectivity index (χ4v) is 2.91. The summed E-state index contributed by atoms with van der Waals surface area (Å²) in [6.45, 7) is 3.48. The number of hydrogen-bond acceptors (Lipinski definition) is 5. The first-order valence-electron chi connectivity index (χ1n) is 7.95. The number of piperazine rings is 1. The van der Waals surface area contributed by atoms with Crippen molar-refractivity contribution in [1.29, 1.82) is 0 Å². The second-order valence-electron chi connectivity index (χ2n) is 5.65. The number of alkyl halides is 1. The van der Waals surface area contributed by atoms with Crippen molar-refractivity contribution in [3.63, 3.8) is 0 Å². The number of carbonyl (C=O) groups excluding carboxylic acids is 2. The summed E-state index contributed by atoms with van der Waals surface area (Å²) in [6, 6.07) is 3.25. The van der Waals surface area contributed by atoms with Gasteiger partial charge in [0.05, 0.1) is 21.3 Å². The molecule has 2 rings (SSSR count). The highest BCUT2D eigenvalue weighted by molar-refractivity contribution is 6.30. The van der Waals surface area contributed by atoms with E-state index in [1.165, 1.54) is 21.3 Å². The number of ether oxygens (including phenoxy) is 3. The van der Waals surface area contributed by atoms with Crippen LogP contribution in [0.3, 0.4) is 0 Å². The van der Waals surface area contributed by atoms with Gasteiger partial charge in [-0.2, -0.15) is 0 Å². The molecule has 7 nitrogen and oxygen atoms in total. The van der Waals surface area contributed by atoms with Crippen molar-refractivity contribution in [3.05, 3.63) is 17.7 Å². The summed E-state index contributed by atoms with van der Waals surface area (Å²) in [5, 5.41) is -0.558. The van der Waals surface area contributed by atoms with Crippen molar-refractivity contribution in [2.24, 2.45) is 0 Å². The van der Waals surface area contributed by atoms with Gasteiger partial charge >= 0.3 is 0 Å². The van der Waals surface area contributed by atoms with Crippen molar-refractivity contribution in [2.45, 2.75) is 12.3 Å². The molecule has 1 atom stereocenters. The Morgan fingerprint density at radius 3 is 1.84 bits per heavy atom. The van der Waals surface area contributed by atoms with E-state index in [9.17, 15) is 9.59 Å². The Bertz CT molecular complexity index is 617. The molecule has 1 aliphatic rings. The molecular formula is C17H23ClN2O5. The molecule has 8 heteroatoms. The fraction of sp³-hybridized carbons (Fsp3) is 0.529. The van der Waals surface area contributed by atoms with Crippen LogP contribution < -0.4 is 14.2 Å². The normalized spacial score (nSPS) is 15.6. The van der Waals surface area contributed by atoms with Crippen molar-refractivity contribution in [3.8, 4) is 17.2 Å².